The maximum absolute atomic E-state index is 11.5. The van der Waals surface area contributed by atoms with Gasteiger partial charge in [-0.2, -0.15) is 4.40 Å². The minimum atomic E-state index is -1.37. The summed E-state index contributed by atoms with van der Waals surface area (Å²) in [5, 5.41) is 8.62. The van der Waals surface area contributed by atoms with Crippen molar-refractivity contribution >= 4 is 23.3 Å². The van der Waals surface area contributed by atoms with Gasteiger partial charge in [-0.25, -0.2) is 18.6 Å². The Labute approximate surface area is 95.6 Å². The molecule has 1 N–H and O–H groups in total. The first-order valence-electron chi connectivity index (χ1n) is 4.54. The molecule has 6 nitrogen and oxygen atoms in total. The van der Waals surface area contributed by atoms with Gasteiger partial charge >= 0.3 is 6.09 Å². The molecule has 1 atom stereocenters. The maximum Gasteiger partial charge on any atom is 0.416 e. The molecule has 1 rings (SSSR count). The number of carbonyl (C=O) groups is 1. The van der Waals surface area contributed by atoms with Crippen LogP contribution in [0, 0.1) is 0 Å². The van der Waals surface area contributed by atoms with E-state index in [0.717, 1.165) is 10.9 Å². The van der Waals surface area contributed by atoms with Gasteiger partial charge in [0.25, 0.3) is 0 Å². The van der Waals surface area contributed by atoms with Crippen LogP contribution in [0.25, 0.3) is 0 Å². The molecule has 0 aliphatic heterocycles. The second-order valence-corrected chi connectivity index (χ2v) is 6.02. The molecule has 0 aliphatic rings. The van der Waals surface area contributed by atoms with Crippen LogP contribution in [0.3, 0.4) is 0 Å². The van der Waals surface area contributed by atoms with Crippen LogP contribution in [0.2, 0.25) is 0 Å². The number of hydrogen-bond acceptors (Lipinski definition) is 3. The summed E-state index contributed by atoms with van der Waals surface area (Å²) >= 11 is 0. The minimum Gasteiger partial charge on any atom is -0.464 e. The quantitative estimate of drug-likeness (QED) is 0.793. The summed E-state index contributed by atoms with van der Waals surface area (Å²) < 4.78 is 15.8. The zero-order valence-electron chi connectivity index (χ0n) is 9.25. The van der Waals surface area contributed by atoms with Crippen LogP contribution in [-0.2, 0) is 11.0 Å². The lowest BCUT2D eigenvalue weighted by atomic mass is 10.3. The van der Waals surface area contributed by atoms with E-state index in [2.05, 4.69) is 9.38 Å². The highest BCUT2D eigenvalue weighted by Gasteiger charge is 2.18. The molecule has 0 radical (unpaired) electrons. The lowest BCUT2D eigenvalue weighted by Gasteiger charge is -2.12. The minimum absolute atomic E-state index is 0.361. The Bertz CT molecular complexity index is 445. The Hall–Kier alpha value is -1.50. The van der Waals surface area contributed by atoms with Crippen LogP contribution >= 0.6 is 0 Å². The van der Waals surface area contributed by atoms with E-state index < -0.39 is 21.8 Å². The third kappa shape index (κ3) is 3.27. The number of hydrogen-bond donors (Lipinski definition) is 1. The lowest BCUT2D eigenvalue weighted by molar-refractivity contribution is 0.196. The zero-order valence-corrected chi connectivity index (χ0v) is 10.1. The molecule has 1 aromatic rings. The molecule has 16 heavy (non-hydrogen) atoms. The SMILES string of the molecule is CC(C)(C)[S@](=O)/N=C/c1cn(C(=O)O)cn1. The van der Waals surface area contributed by atoms with Crippen LogP contribution in [0.4, 0.5) is 4.79 Å². The Balaban J connectivity index is 2.77. The fraction of sp³-hybridized carbons (Fsp3) is 0.444. The molecule has 0 bridgehead atoms. The van der Waals surface area contributed by atoms with Gasteiger partial charge in [0.15, 0.2) is 0 Å². The van der Waals surface area contributed by atoms with E-state index in [9.17, 15) is 9.00 Å². The molecular formula is C9H13N3O3S. The van der Waals surface area contributed by atoms with Gasteiger partial charge in [-0.3, -0.25) is 0 Å². The summed E-state index contributed by atoms with van der Waals surface area (Å²) in [4.78, 5) is 14.3. The van der Waals surface area contributed by atoms with Gasteiger partial charge in [-0.15, -0.1) is 0 Å². The van der Waals surface area contributed by atoms with Crippen molar-refractivity contribution in [2.45, 2.75) is 25.5 Å². The van der Waals surface area contributed by atoms with Crippen molar-refractivity contribution in [3.63, 3.8) is 0 Å². The normalized spacial score (nSPS) is 14.2. The molecule has 88 valence electrons. The smallest absolute Gasteiger partial charge is 0.416 e. The highest BCUT2D eigenvalue weighted by molar-refractivity contribution is 7.85. The molecule has 7 heteroatoms. The molecule has 0 saturated carbocycles. The fourth-order valence-corrected chi connectivity index (χ4v) is 1.29. The Morgan fingerprint density at radius 1 is 1.62 bits per heavy atom. The molecule has 0 fully saturated rings. The van der Waals surface area contributed by atoms with Crippen molar-refractivity contribution < 1.29 is 14.1 Å². The Morgan fingerprint density at radius 3 is 2.69 bits per heavy atom. The summed E-state index contributed by atoms with van der Waals surface area (Å²) in [5.41, 5.74) is 0.361. The van der Waals surface area contributed by atoms with Crippen LogP contribution in [0.1, 0.15) is 26.5 Å². The van der Waals surface area contributed by atoms with Crippen LogP contribution in [0.5, 0.6) is 0 Å². The van der Waals surface area contributed by atoms with Crippen molar-refractivity contribution in [3.05, 3.63) is 18.2 Å². The van der Waals surface area contributed by atoms with Gasteiger partial charge in [0.1, 0.15) is 23.0 Å². The topological polar surface area (TPSA) is 84.5 Å². The van der Waals surface area contributed by atoms with E-state index in [-0.39, 0.29) is 0 Å². The molecule has 0 amide bonds. The van der Waals surface area contributed by atoms with Crippen LogP contribution in [-0.4, -0.2) is 35.9 Å². The van der Waals surface area contributed by atoms with E-state index in [1.165, 1.54) is 12.4 Å². The largest absolute Gasteiger partial charge is 0.464 e. The third-order valence-electron chi connectivity index (χ3n) is 1.63. The van der Waals surface area contributed by atoms with Crippen molar-refractivity contribution in [1.29, 1.82) is 0 Å². The molecule has 0 saturated heterocycles. The molecule has 0 aliphatic carbocycles. The van der Waals surface area contributed by atoms with E-state index >= 15 is 0 Å². The number of imidazole rings is 1. The summed E-state index contributed by atoms with van der Waals surface area (Å²) in [6, 6.07) is 0. The van der Waals surface area contributed by atoms with Gasteiger partial charge in [0.2, 0.25) is 0 Å². The monoisotopic (exact) mass is 243 g/mol. The second kappa shape index (κ2) is 4.56. The number of nitrogens with zero attached hydrogens (tertiary/aromatic N) is 3. The molecule has 1 aromatic heterocycles. The van der Waals surface area contributed by atoms with E-state index in [0.29, 0.717) is 5.69 Å². The molecule has 0 spiro atoms. The molecule has 0 aromatic carbocycles. The van der Waals surface area contributed by atoms with E-state index in [4.69, 9.17) is 5.11 Å². The number of carboxylic acid groups (broad SMARTS) is 1. The first-order valence-corrected chi connectivity index (χ1v) is 5.65. The first-order chi connectivity index (χ1) is 7.30. The van der Waals surface area contributed by atoms with Crippen molar-refractivity contribution in [2.75, 3.05) is 0 Å². The standard InChI is InChI=1S/C9H13N3O3S/c1-9(2,3)16(15)11-4-7-5-12(6-10-7)8(13)14/h4-6H,1-3H3,(H,13,14)/b11-4+/t16-/m0/s1. The van der Waals surface area contributed by atoms with Gasteiger partial charge in [0, 0.05) is 6.20 Å². The Morgan fingerprint density at radius 2 is 2.25 bits per heavy atom. The van der Waals surface area contributed by atoms with Gasteiger partial charge in [-0.05, 0) is 20.8 Å². The maximum atomic E-state index is 11.5. The summed E-state index contributed by atoms with van der Waals surface area (Å²) in [6.07, 6.45) is 2.64. The van der Waals surface area contributed by atoms with Crippen LogP contribution < -0.4 is 0 Å². The highest BCUT2D eigenvalue weighted by Crippen LogP contribution is 2.11. The summed E-state index contributed by atoms with van der Waals surface area (Å²) in [5.74, 6) is 0. The van der Waals surface area contributed by atoms with Crippen molar-refractivity contribution in [2.24, 2.45) is 4.40 Å². The van der Waals surface area contributed by atoms with E-state index in [1.54, 1.807) is 20.8 Å². The number of rotatable bonds is 2. The first kappa shape index (κ1) is 12.6. The Kier molecular flexibility index (Phi) is 3.58. The molecular weight excluding hydrogens is 230 g/mol. The number of aromatic nitrogens is 2. The second-order valence-electron chi connectivity index (χ2n) is 4.08. The van der Waals surface area contributed by atoms with Gasteiger partial charge < -0.3 is 5.11 Å². The fourth-order valence-electron chi connectivity index (χ4n) is 0.769. The van der Waals surface area contributed by atoms with Crippen molar-refractivity contribution in [3.8, 4) is 0 Å². The third-order valence-corrected chi connectivity index (χ3v) is 2.97. The predicted molar refractivity (Wildman–Crippen MR) is 61.1 cm³/mol. The van der Waals surface area contributed by atoms with E-state index in [1.807, 2.05) is 0 Å². The highest BCUT2D eigenvalue weighted by atomic mass is 32.2. The van der Waals surface area contributed by atoms with Gasteiger partial charge in [0.05, 0.1) is 11.0 Å². The summed E-state index contributed by atoms with van der Waals surface area (Å²) in [6.45, 7) is 5.41. The predicted octanol–water partition coefficient (Wildman–Crippen LogP) is 1.29. The lowest BCUT2D eigenvalue weighted by Crippen LogP contribution is -2.19. The molecule has 0 unspecified atom stereocenters. The average molecular weight is 243 g/mol. The average Bonchev–Trinajstić information content (AvgIpc) is 2.60. The zero-order chi connectivity index (χ0) is 12.3. The summed E-state index contributed by atoms with van der Waals surface area (Å²) in [7, 11) is -1.37. The van der Waals surface area contributed by atoms with Gasteiger partial charge in [-0.1, -0.05) is 0 Å². The van der Waals surface area contributed by atoms with Crippen LogP contribution in [0.15, 0.2) is 16.9 Å². The van der Waals surface area contributed by atoms with Crippen molar-refractivity contribution in [1.82, 2.24) is 9.55 Å². The molecule has 1 heterocycles.